The standard InChI is InChI=1S/C14H17NO2.ClH/c1-7-5-9-6-8(2)17-12(9)10-11(7)15-13(16)14(10,3)4;/h5,8H,6H2,1-4H3,(H,15,16);1H. The lowest BCUT2D eigenvalue weighted by Crippen LogP contribution is -2.27. The molecule has 1 aromatic rings. The number of anilines is 1. The highest BCUT2D eigenvalue weighted by atomic mass is 35.5. The highest BCUT2D eigenvalue weighted by molar-refractivity contribution is 6.07. The van der Waals surface area contributed by atoms with E-state index >= 15 is 0 Å². The van der Waals surface area contributed by atoms with Crippen molar-refractivity contribution in [2.24, 2.45) is 0 Å². The third kappa shape index (κ3) is 1.53. The van der Waals surface area contributed by atoms with Crippen LogP contribution >= 0.6 is 12.4 Å². The Morgan fingerprint density at radius 1 is 1.44 bits per heavy atom. The highest BCUT2D eigenvalue weighted by Crippen LogP contribution is 2.49. The molecule has 3 rings (SSSR count). The molecule has 2 aliphatic rings. The first-order chi connectivity index (χ1) is 7.91. The molecule has 0 radical (unpaired) electrons. The molecule has 1 N–H and O–H groups in total. The van der Waals surface area contributed by atoms with Gasteiger partial charge in [-0.15, -0.1) is 12.4 Å². The molecule has 3 nitrogen and oxygen atoms in total. The van der Waals surface area contributed by atoms with Crippen LogP contribution in [0.25, 0.3) is 0 Å². The van der Waals surface area contributed by atoms with Gasteiger partial charge in [0.25, 0.3) is 0 Å². The van der Waals surface area contributed by atoms with Gasteiger partial charge in [-0.05, 0) is 38.8 Å². The van der Waals surface area contributed by atoms with Gasteiger partial charge in [0, 0.05) is 12.0 Å². The zero-order chi connectivity index (χ0) is 12.4. The largest absolute Gasteiger partial charge is 0.490 e. The maximum Gasteiger partial charge on any atom is 0.234 e. The van der Waals surface area contributed by atoms with Gasteiger partial charge in [0.1, 0.15) is 11.9 Å². The Labute approximate surface area is 113 Å². The second-order valence-corrected chi connectivity index (χ2v) is 5.64. The molecule has 2 heterocycles. The van der Waals surface area contributed by atoms with Crippen molar-refractivity contribution in [1.82, 2.24) is 0 Å². The summed E-state index contributed by atoms with van der Waals surface area (Å²) in [5, 5.41) is 2.98. The molecule has 0 fully saturated rings. The molecule has 1 atom stereocenters. The van der Waals surface area contributed by atoms with Crippen molar-refractivity contribution in [2.75, 3.05) is 5.32 Å². The second kappa shape index (κ2) is 3.89. The maximum absolute atomic E-state index is 12.0. The molecular weight excluding hydrogens is 250 g/mol. The Hall–Kier alpha value is -1.22. The zero-order valence-electron chi connectivity index (χ0n) is 11.1. The Bertz CT molecular complexity index is 537. The van der Waals surface area contributed by atoms with Crippen molar-refractivity contribution in [1.29, 1.82) is 0 Å². The fourth-order valence-electron chi connectivity index (χ4n) is 2.85. The Morgan fingerprint density at radius 3 is 2.78 bits per heavy atom. The van der Waals surface area contributed by atoms with Gasteiger partial charge in [0.05, 0.1) is 11.1 Å². The lowest BCUT2D eigenvalue weighted by atomic mass is 9.83. The number of hydrogen-bond acceptors (Lipinski definition) is 2. The van der Waals surface area contributed by atoms with Gasteiger partial charge in [-0.1, -0.05) is 6.07 Å². The first kappa shape index (κ1) is 13.2. The molecule has 1 amide bonds. The Balaban J connectivity index is 0.00000120. The van der Waals surface area contributed by atoms with E-state index in [0.717, 1.165) is 29.0 Å². The number of hydrogen-bond donors (Lipinski definition) is 1. The summed E-state index contributed by atoms with van der Waals surface area (Å²) in [5.74, 6) is 0.994. The molecule has 4 heteroatoms. The summed E-state index contributed by atoms with van der Waals surface area (Å²) < 4.78 is 5.90. The molecule has 0 spiro atoms. The van der Waals surface area contributed by atoms with E-state index in [4.69, 9.17) is 4.74 Å². The topological polar surface area (TPSA) is 38.3 Å². The maximum atomic E-state index is 12.0. The summed E-state index contributed by atoms with van der Waals surface area (Å²) in [7, 11) is 0. The van der Waals surface area contributed by atoms with Crippen molar-refractivity contribution in [3.05, 3.63) is 22.8 Å². The molecule has 0 saturated heterocycles. The number of carbonyl (C=O) groups is 1. The Kier molecular flexibility index (Phi) is 2.85. The van der Waals surface area contributed by atoms with Crippen LogP contribution in [0, 0.1) is 6.92 Å². The fourth-order valence-corrected chi connectivity index (χ4v) is 2.85. The number of carbonyl (C=O) groups excluding carboxylic acids is 1. The van der Waals surface area contributed by atoms with Gasteiger partial charge in [0.2, 0.25) is 5.91 Å². The van der Waals surface area contributed by atoms with Gasteiger partial charge in [-0.25, -0.2) is 0 Å². The van der Waals surface area contributed by atoms with Crippen molar-refractivity contribution in [2.45, 2.75) is 45.6 Å². The normalized spacial score (nSPS) is 22.7. The van der Waals surface area contributed by atoms with Gasteiger partial charge in [0.15, 0.2) is 0 Å². The van der Waals surface area contributed by atoms with Crippen LogP contribution in [0.3, 0.4) is 0 Å². The van der Waals surface area contributed by atoms with Crippen molar-refractivity contribution >= 4 is 24.0 Å². The first-order valence-electron chi connectivity index (χ1n) is 6.06. The summed E-state index contributed by atoms with van der Waals surface area (Å²) in [4.78, 5) is 12.0. The average molecular weight is 268 g/mol. The fraction of sp³-hybridized carbons (Fsp3) is 0.500. The quantitative estimate of drug-likeness (QED) is 0.785. The van der Waals surface area contributed by atoms with Crippen LogP contribution in [-0.4, -0.2) is 12.0 Å². The highest BCUT2D eigenvalue weighted by Gasteiger charge is 2.44. The molecule has 1 aromatic carbocycles. The minimum Gasteiger partial charge on any atom is -0.490 e. The number of ether oxygens (including phenoxy) is 1. The summed E-state index contributed by atoms with van der Waals surface area (Å²) >= 11 is 0. The molecule has 0 bridgehead atoms. The monoisotopic (exact) mass is 267 g/mol. The van der Waals surface area contributed by atoms with Crippen LogP contribution in [0.5, 0.6) is 5.75 Å². The third-order valence-electron chi connectivity index (χ3n) is 3.81. The van der Waals surface area contributed by atoms with E-state index in [-0.39, 0.29) is 24.4 Å². The summed E-state index contributed by atoms with van der Waals surface area (Å²) in [6.07, 6.45) is 1.15. The second-order valence-electron chi connectivity index (χ2n) is 5.64. The number of rotatable bonds is 0. The van der Waals surface area contributed by atoms with E-state index in [1.807, 2.05) is 20.8 Å². The predicted molar refractivity (Wildman–Crippen MR) is 73.9 cm³/mol. The molecule has 2 aliphatic heterocycles. The third-order valence-corrected chi connectivity index (χ3v) is 3.81. The van der Waals surface area contributed by atoms with Gasteiger partial charge >= 0.3 is 0 Å². The first-order valence-corrected chi connectivity index (χ1v) is 6.06. The number of nitrogens with one attached hydrogen (secondary N) is 1. The van der Waals surface area contributed by atoms with Crippen LogP contribution in [0.1, 0.15) is 37.5 Å². The Morgan fingerprint density at radius 2 is 2.11 bits per heavy atom. The zero-order valence-corrected chi connectivity index (χ0v) is 11.9. The van der Waals surface area contributed by atoms with Crippen LogP contribution in [0.4, 0.5) is 5.69 Å². The molecule has 18 heavy (non-hydrogen) atoms. The van der Waals surface area contributed by atoms with E-state index in [0.29, 0.717) is 0 Å². The molecular formula is C14H18ClNO2. The lowest BCUT2D eigenvalue weighted by molar-refractivity contribution is -0.119. The van der Waals surface area contributed by atoms with Gasteiger partial charge in [-0.3, -0.25) is 4.79 Å². The summed E-state index contributed by atoms with van der Waals surface area (Å²) in [6.45, 7) is 8.03. The number of halogens is 1. The van der Waals surface area contributed by atoms with Crippen LogP contribution < -0.4 is 10.1 Å². The molecule has 0 aromatic heterocycles. The summed E-state index contributed by atoms with van der Waals surface area (Å²) in [6, 6.07) is 2.14. The molecule has 0 saturated carbocycles. The van der Waals surface area contributed by atoms with Gasteiger partial charge < -0.3 is 10.1 Å². The smallest absolute Gasteiger partial charge is 0.234 e. The SMILES string of the molecule is Cc1cc2c(c3c1NC(=O)C3(C)C)OC(C)C2.Cl. The number of fused-ring (bicyclic) bond motifs is 3. The predicted octanol–water partition coefficient (Wildman–Crippen LogP) is 2.97. The lowest BCUT2D eigenvalue weighted by Gasteiger charge is -2.19. The molecule has 0 aliphatic carbocycles. The average Bonchev–Trinajstić information content (AvgIpc) is 2.67. The van der Waals surface area contributed by atoms with E-state index in [1.54, 1.807) is 0 Å². The van der Waals surface area contributed by atoms with Crippen LogP contribution in [-0.2, 0) is 16.6 Å². The van der Waals surface area contributed by atoms with E-state index in [1.165, 1.54) is 5.56 Å². The van der Waals surface area contributed by atoms with E-state index in [2.05, 4.69) is 18.3 Å². The number of aryl methyl sites for hydroxylation is 1. The minimum atomic E-state index is -0.491. The van der Waals surface area contributed by atoms with Gasteiger partial charge in [-0.2, -0.15) is 0 Å². The van der Waals surface area contributed by atoms with Crippen LogP contribution in [0.2, 0.25) is 0 Å². The molecule has 98 valence electrons. The molecule has 1 unspecified atom stereocenters. The van der Waals surface area contributed by atoms with Crippen molar-refractivity contribution < 1.29 is 9.53 Å². The minimum absolute atomic E-state index is 0. The van der Waals surface area contributed by atoms with Crippen LogP contribution in [0.15, 0.2) is 6.07 Å². The summed E-state index contributed by atoms with van der Waals surface area (Å²) in [5.41, 5.74) is 3.87. The van der Waals surface area contributed by atoms with E-state index < -0.39 is 5.41 Å². The number of amides is 1. The number of benzene rings is 1. The van der Waals surface area contributed by atoms with Crippen molar-refractivity contribution in [3.8, 4) is 5.75 Å². The van der Waals surface area contributed by atoms with E-state index in [9.17, 15) is 4.79 Å². The van der Waals surface area contributed by atoms with Crippen molar-refractivity contribution in [3.63, 3.8) is 0 Å².